The molecule has 0 aromatic heterocycles. The van der Waals surface area contributed by atoms with Crippen LogP contribution in [0.1, 0.15) is 31.2 Å². The van der Waals surface area contributed by atoms with Crippen LogP contribution in [-0.4, -0.2) is 11.2 Å². The van der Waals surface area contributed by atoms with Crippen LogP contribution in [0.15, 0.2) is 24.3 Å². The van der Waals surface area contributed by atoms with E-state index in [9.17, 15) is 4.39 Å². The normalized spacial score (nSPS) is 28.4. The van der Waals surface area contributed by atoms with Crippen molar-refractivity contribution < 1.29 is 4.39 Å². The van der Waals surface area contributed by atoms with Gasteiger partial charge in [-0.1, -0.05) is 24.6 Å². The van der Waals surface area contributed by atoms with Crippen molar-refractivity contribution in [2.24, 2.45) is 11.8 Å². The summed E-state index contributed by atoms with van der Waals surface area (Å²) in [7, 11) is 0. The van der Waals surface area contributed by atoms with Gasteiger partial charge in [-0.25, -0.2) is 4.39 Å². The number of halogens is 1. The summed E-state index contributed by atoms with van der Waals surface area (Å²) in [6.07, 6.45) is 5.32. The topological polar surface area (TPSA) is 24.1 Å². The summed E-state index contributed by atoms with van der Waals surface area (Å²) in [4.78, 5) is 0. The molecule has 0 amide bonds. The minimum absolute atomic E-state index is 0.183. The van der Waals surface area contributed by atoms with E-state index in [2.05, 4.69) is 10.6 Å². The van der Waals surface area contributed by atoms with Crippen LogP contribution in [0.2, 0.25) is 0 Å². The van der Waals surface area contributed by atoms with Gasteiger partial charge in [-0.15, -0.1) is 0 Å². The van der Waals surface area contributed by atoms with Crippen LogP contribution in [0.5, 0.6) is 0 Å². The lowest BCUT2D eigenvalue weighted by atomic mass is 9.96. The largest absolute Gasteiger partial charge is 0.360 e. The number of hydrogen-bond donors (Lipinski definition) is 2. The average Bonchev–Trinajstić information content (AvgIpc) is 3.00. The molecule has 0 saturated heterocycles. The third-order valence-electron chi connectivity index (χ3n) is 4.45. The summed E-state index contributed by atoms with van der Waals surface area (Å²) in [6.45, 7) is 0.444. The highest BCUT2D eigenvalue weighted by Crippen LogP contribution is 2.44. The molecule has 4 heteroatoms. The van der Waals surface area contributed by atoms with Crippen molar-refractivity contribution >= 4 is 17.3 Å². The lowest BCUT2D eigenvalue weighted by Gasteiger charge is -2.24. The summed E-state index contributed by atoms with van der Waals surface area (Å²) < 4.78 is 13.5. The molecule has 0 spiro atoms. The highest BCUT2D eigenvalue weighted by atomic mass is 32.1. The fraction of sp³-hybridized carbons (Fsp3) is 0.533. The van der Waals surface area contributed by atoms with Gasteiger partial charge in [0.25, 0.3) is 0 Å². The Morgan fingerprint density at radius 1 is 1.26 bits per heavy atom. The molecular weight excluding hydrogens is 259 g/mol. The standard InChI is InChI=1S/C15H19FN2S/c16-13-4-2-1-3-12(13)9-17-15(19)18-14-8-10-5-6-11(14)7-10/h1-4,10-11,14H,5-9H2,(H2,17,18,19). The zero-order valence-electron chi connectivity index (χ0n) is 10.9. The first-order chi connectivity index (χ1) is 9.22. The van der Waals surface area contributed by atoms with Crippen LogP contribution >= 0.6 is 12.2 Å². The number of rotatable bonds is 3. The van der Waals surface area contributed by atoms with E-state index in [4.69, 9.17) is 12.2 Å². The molecule has 1 aromatic carbocycles. The number of benzene rings is 1. The Bertz CT molecular complexity index is 477. The van der Waals surface area contributed by atoms with Crippen LogP contribution < -0.4 is 10.6 Å². The Kier molecular flexibility index (Phi) is 3.69. The zero-order chi connectivity index (χ0) is 13.2. The molecule has 0 aliphatic heterocycles. The molecule has 2 aliphatic carbocycles. The summed E-state index contributed by atoms with van der Waals surface area (Å²) in [5.74, 6) is 1.51. The van der Waals surface area contributed by atoms with Gasteiger partial charge in [0.2, 0.25) is 0 Å². The molecule has 1 aromatic rings. The maximum Gasteiger partial charge on any atom is 0.166 e. The summed E-state index contributed by atoms with van der Waals surface area (Å²) in [5, 5.41) is 7.16. The van der Waals surface area contributed by atoms with E-state index < -0.39 is 0 Å². The minimum atomic E-state index is -0.183. The zero-order valence-corrected chi connectivity index (χ0v) is 11.7. The van der Waals surface area contributed by atoms with E-state index in [0.717, 1.165) is 11.8 Å². The van der Waals surface area contributed by atoms with E-state index in [0.29, 0.717) is 23.3 Å². The lowest BCUT2D eigenvalue weighted by Crippen LogP contribution is -2.44. The minimum Gasteiger partial charge on any atom is -0.360 e. The monoisotopic (exact) mass is 278 g/mol. The van der Waals surface area contributed by atoms with Gasteiger partial charge in [-0.2, -0.15) is 0 Å². The number of nitrogens with one attached hydrogen (secondary N) is 2. The highest BCUT2D eigenvalue weighted by Gasteiger charge is 2.39. The Hall–Kier alpha value is -1.16. The maximum atomic E-state index is 13.5. The van der Waals surface area contributed by atoms with Crippen LogP contribution in [0, 0.1) is 17.7 Å². The Morgan fingerprint density at radius 2 is 2.11 bits per heavy atom. The van der Waals surface area contributed by atoms with Crippen molar-refractivity contribution in [3.8, 4) is 0 Å². The first-order valence-corrected chi connectivity index (χ1v) is 7.41. The molecule has 3 rings (SSSR count). The molecule has 3 unspecified atom stereocenters. The van der Waals surface area contributed by atoms with Gasteiger partial charge in [0.05, 0.1) is 0 Å². The number of thiocarbonyl (C=S) groups is 1. The van der Waals surface area contributed by atoms with Crippen molar-refractivity contribution in [3.05, 3.63) is 35.6 Å². The van der Waals surface area contributed by atoms with E-state index in [1.807, 2.05) is 6.07 Å². The first kappa shape index (κ1) is 12.9. The third kappa shape index (κ3) is 2.89. The molecule has 2 nitrogen and oxygen atoms in total. The molecule has 0 radical (unpaired) electrons. The van der Waals surface area contributed by atoms with Gasteiger partial charge >= 0.3 is 0 Å². The molecule has 102 valence electrons. The van der Waals surface area contributed by atoms with Crippen molar-refractivity contribution in [1.29, 1.82) is 0 Å². The second-order valence-electron chi connectivity index (χ2n) is 5.70. The van der Waals surface area contributed by atoms with Gasteiger partial charge in [0, 0.05) is 18.2 Å². The van der Waals surface area contributed by atoms with Crippen LogP contribution in [0.3, 0.4) is 0 Å². The van der Waals surface area contributed by atoms with Crippen molar-refractivity contribution in [1.82, 2.24) is 10.6 Å². The molecular formula is C15H19FN2S. The summed E-state index contributed by atoms with van der Waals surface area (Å²) in [5.41, 5.74) is 0.652. The predicted octanol–water partition coefficient (Wildman–Crippen LogP) is 2.98. The van der Waals surface area contributed by atoms with Gasteiger partial charge < -0.3 is 10.6 Å². The Morgan fingerprint density at radius 3 is 2.79 bits per heavy atom. The predicted molar refractivity (Wildman–Crippen MR) is 78.2 cm³/mol. The Labute approximate surface area is 118 Å². The quantitative estimate of drug-likeness (QED) is 0.831. The fourth-order valence-electron chi connectivity index (χ4n) is 3.46. The van der Waals surface area contributed by atoms with Crippen LogP contribution in [0.25, 0.3) is 0 Å². The Balaban J connectivity index is 1.48. The molecule has 2 N–H and O–H groups in total. The van der Waals surface area contributed by atoms with Gasteiger partial charge in [-0.05, 0) is 49.4 Å². The van der Waals surface area contributed by atoms with Gasteiger partial charge in [0.1, 0.15) is 5.82 Å². The molecule has 2 fully saturated rings. The maximum absolute atomic E-state index is 13.5. The molecule has 19 heavy (non-hydrogen) atoms. The fourth-order valence-corrected chi connectivity index (χ4v) is 3.68. The molecule has 3 atom stereocenters. The molecule has 2 bridgehead atoms. The summed E-state index contributed by atoms with van der Waals surface area (Å²) >= 11 is 5.30. The van der Waals surface area contributed by atoms with Gasteiger partial charge in [-0.3, -0.25) is 0 Å². The van der Waals surface area contributed by atoms with Crippen molar-refractivity contribution in [3.63, 3.8) is 0 Å². The average molecular weight is 278 g/mol. The second kappa shape index (κ2) is 5.45. The molecule has 2 aliphatic rings. The number of fused-ring (bicyclic) bond motifs is 2. The lowest BCUT2D eigenvalue weighted by molar-refractivity contribution is 0.389. The first-order valence-electron chi connectivity index (χ1n) is 7.00. The highest BCUT2D eigenvalue weighted by molar-refractivity contribution is 7.80. The summed E-state index contributed by atoms with van der Waals surface area (Å²) in [6, 6.07) is 7.32. The van der Waals surface area contributed by atoms with E-state index in [-0.39, 0.29) is 5.82 Å². The van der Waals surface area contributed by atoms with Crippen LogP contribution in [0.4, 0.5) is 4.39 Å². The third-order valence-corrected chi connectivity index (χ3v) is 4.71. The number of hydrogen-bond acceptors (Lipinski definition) is 1. The van der Waals surface area contributed by atoms with Crippen molar-refractivity contribution in [2.45, 2.75) is 38.3 Å². The van der Waals surface area contributed by atoms with E-state index in [1.165, 1.54) is 31.7 Å². The van der Waals surface area contributed by atoms with Crippen molar-refractivity contribution in [2.75, 3.05) is 0 Å². The van der Waals surface area contributed by atoms with E-state index >= 15 is 0 Å². The smallest absolute Gasteiger partial charge is 0.166 e. The SMILES string of the molecule is Fc1ccccc1CNC(=S)NC1CC2CCC1C2. The van der Waals surface area contributed by atoms with Crippen LogP contribution in [-0.2, 0) is 6.54 Å². The molecule has 0 heterocycles. The molecule has 2 saturated carbocycles. The second-order valence-corrected chi connectivity index (χ2v) is 6.11. The van der Waals surface area contributed by atoms with E-state index in [1.54, 1.807) is 12.1 Å². The van der Waals surface area contributed by atoms with Gasteiger partial charge in [0.15, 0.2) is 5.11 Å².